The van der Waals surface area contributed by atoms with Gasteiger partial charge in [0.25, 0.3) is 5.91 Å². The molecule has 0 atom stereocenters. The monoisotopic (exact) mass is 399 g/mol. The van der Waals surface area contributed by atoms with Crippen LogP contribution in [0.2, 0.25) is 0 Å². The van der Waals surface area contributed by atoms with Gasteiger partial charge in [0.2, 0.25) is 10.0 Å². The second kappa shape index (κ2) is 8.58. The molecule has 3 N–H and O–H groups in total. The Labute approximate surface area is 165 Å². The average Bonchev–Trinajstić information content (AvgIpc) is 3.10. The molecule has 0 aliphatic rings. The molecule has 0 aliphatic carbocycles. The largest absolute Gasteiger partial charge is 0.361 e. The zero-order chi connectivity index (χ0) is 20.1. The van der Waals surface area contributed by atoms with Gasteiger partial charge in [-0.15, -0.1) is 0 Å². The number of hydrogen-bond acceptors (Lipinski definition) is 3. The molecule has 3 aromatic rings. The van der Waals surface area contributed by atoms with Gasteiger partial charge in [-0.2, -0.15) is 0 Å². The highest BCUT2D eigenvalue weighted by molar-refractivity contribution is 7.89. The van der Waals surface area contributed by atoms with Gasteiger partial charge < -0.3 is 10.3 Å². The summed E-state index contributed by atoms with van der Waals surface area (Å²) in [5.74, 6) is -0.00379. The molecule has 1 heterocycles. The number of aromatic nitrogens is 1. The molecule has 0 spiro atoms. The number of carbonyl (C=O) groups is 1. The summed E-state index contributed by atoms with van der Waals surface area (Å²) in [6.07, 6.45) is 2.67. The molecule has 0 saturated heterocycles. The van der Waals surface area contributed by atoms with Crippen LogP contribution in [-0.4, -0.2) is 32.4 Å². The van der Waals surface area contributed by atoms with Crippen LogP contribution < -0.4 is 10.0 Å². The van der Waals surface area contributed by atoms with Crippen LogP contribution in [0.15, 0.2) is 59.6 Å². The molecule has 0 bridgehead atoms. The Morgan fingerprint density at radius 1 is 1.07 bits per heavy atom. The van der Waals surface area contributed by atoms with Crippen molar-refractivity contribution in [3.05, 3.63) is 65.9 Å². The lowest BCUT2D eigenvalue weighted by molar-refractivity contribution is 0.0954. The number of nitrogens with one attached hydrogen (secondary N) is 3. The molecule has 1 amide bonds. The van der Waals surface area contributed by atoms with E-state index in [1.165, 1.54) is 24.3 Å². The number of H-pyrrole nitrogens is 1. The molecule has 1 aromatic heterocycles. The van der Waals surface area contributed by atoms with Crippen LogP contribution in [0.4, 0.5) is 0 Å². The second-order valence-corrected chi connectivity index (χ2v) is 8.90. The summed E-state index contributed by atoms with van der Waals surface area (Å²) in [5, 5.41) is 4.04. The van der Waals surface area contributed by atoms with Crippen LogP contribution in [0, 0.1) is 5.92 Å². The molecule has 0 saturated carbocycles. The van der Waals surface area contributed by atoms with E-state index in [9.17, 15) is 13.2 Å². The highest BCUT2D eigenvalue weighted by atomic mass is 32.2. The molecule has 2 aromatic carbocycles. The first kappa shape index (κ1) is 20.1. The molecular weight excluding hydrogens is 374 g/mol. The number of aromatic amines is 1. The second-order valence-electron chi connectivity index (χ2n) is 7.14. The van der Waals surface area contributed by atoms with Crippen molar-refractivity contribution in [3.8, 4) is 0 Å². The maximum absolute atomic E-state index is 12.3. The Morgan fingerprint density at radius 2 is 1.79 bits per heavy atom. The van der Waals surface area contributed by atoms with Crippen LogP contribution in [0.3, 0.4) is 0 Å². The average molecular weight is 400 g/mol. The molecule has 7 heteroatoms. The number of amides is 1. The van der Waals surface area contributed by atoms with Crippen LogP contribution in [-0.2, 0) is 16.4 Å². The van der Waals surface area contributed by atoms with E-state index in [0.29, 0.717) is 25.1 Å². The number of rotatable bonds is 8. The highest BCUT2D eigenvalue weighted by Gasteiger charge is 2.15. The highest BCUT2D eigenvalue weighted by Crippen LogP contribution is 2.17. The van der Waals surface area contributed by atoms with Crippen molar-refractivity contribution in [2.75, 3.05) is 13.1 Å². The van der Waals surface area contributed by atoms with Gasteiger partial charge in [-0.05, 0) is 48.2 Å². The predicted octanol–water partition coefficient (Wildman–Crippen LogP) is 3.07. The van der Waals surface area contributed by atoms with Crippen molar-refractivity contribution in [1.29, 1.82) is 0 Å². The van der Waals surface area contributed by atoms with Crippen LogP contribution in [0.5, 0.6) is 0 Å². The van der Waals surface area contributed by atoms with Crippen LogP contribution in [0.1, 0.15) is 29.8 Å². The van der Waals surface area contributed by atoms with Gasteiger partial charge in [0.1, 0.15) is 0 Å². The number of sulfonamides is 1. The maximum atomic E-state index is 12.3. The topological polar surface area (TPSA) is 91.1 Å². The molecule has 28 heavy (non-hydrogen) atoms. The van der Waals surface area contributed by atoms with E-state index in [2.05, 4.69) is 21.1 Å². The van der Waals surface area contributed by atoms with Gasteiger partial charge in [-0.1, -0.05) is 32.0 Å². The van der Waals surface area contributed by atoms with Crippen molar-refractivity contribution in [3.63, 3.8) is 0 Å². The minimum Gasteiger partial charge on any atom is -0.361 e. The van der Waals surface area contributed by atoms with Gasteiger partial charge >= 0.3 is 0 Å². The summed E-state index contributed by atoms with van der Waals surface area (Å²) < 4.78 is 27.0. The summed E-state index contributed by atoms with van der Waals surface area (Å²) in [6, 6.07) is 14.0. The normalized spacial score (nSPS) is 11.8. The van der Waals surface area contributed by atoms with Gasteiger partial charge in [0.05, 0.1) is 4.90 Å². The first-order chi connectivity index (χ1) is 13.4. The fourth-order valence-corrected chi connectivity index (χ4v) is 4.11. The summed E-state index contributed by atoms with van der Waals surface area (Å²) in [4.78, 5) is 15.7. The number of carbonyl (C=O) groups excluding carboxylic acids is 1. The fraction of sp³-hybridized carbons (Fsp3) is 0.286. The van der Waals surface area contributed by atoms with Crippen LogP contribution >= 0.6 is 0 Å². The van der Waals surface area contributed by atoms with E-state index in [-0.39, 0.29) is 16.7 Å². The van der Waals surface area contributed by atoms with Crippen molar-refractivity contribution in [2.45, 2.75) is 25.2 Å². The van der Waals surface area contributed by atoms with Gasteiger partial charge in [-0.3, -0.25) is 4.79 Å². The standard InChI is InChI=1S/C21H25N3O3S/c1-15(2)13-24-28(26,27)18-9-7-16(8-10-18)21(25)22-12-11-17-14-23-20-6-4-3-5-19(17)20/h3-10,14-15,23-24H,11-13H2,1-2H3,(H,22,25). The van der Waals surface area contributed by atoms with Gasteiger partial charge in [0, 0.05) is 35.8 Å². The number of para-hydroxylation sites is 1. The van der Waals surface area contributed by atoms with Crippen molar-refractivity contribution >= 4 is 26.8 Å². The minimum absolute atomic E-state index is 0.156. The Bertz CT molecular complexity index is 1050. The summed E-state index contributed by atoms with van der Waals surface area (Å²) in [5.41, 5.74) is 2.65. The molecule has 6 nitrogen and oxygen atoms in total. The molecular formula is C21H25N3O3S. The van der Waals surface area contributed by atoms with Crippen LogP contribution in [0.25, 0.3) is 10.9 Å². The summed E-state index contributed by atoms with van der Waals surface area (Å²) >= 11 is 0. The lowest BCUT2D eigenvalue weighted by atomic mass is 10.1. The van der Waals surface area contributed by atoms with Crippen molar-refractivity contribution in [2.24, 2.45) is 5.92 Å². The molecule has 3 rings (SSSR count). The summed E-state index contributed by atoms with van der Waals surface area (Å²) in [6.45, 7) is 4.74. The smallest absolute Gasteiger partial charge is 0.251 e. The fourth-order valence-electron chi connectivity index (χ4n) is 2.90. The Balaban J connectivity index is 1.57. The number of benzene rings is 2. The van der Waals surface area contributed by atoms with Gasteiger partial charge in [-0.25, -0.2) is 13.1 Å². The third-order valence-electron chi connectivity index (χ3n) is 4.46. The molecule has 0 fully saturated rings. The third kappa shape index (κ3) is 4.79. The maximum Gasteiger partial charge on any atom is 0.251 e. The van der Waals surface area contributed by atoms with Crippen molar-refractivity contribution in [1.82, 2.24) is 15.0 Å². The first-order valence-corrected chi connectivity index (χ1v) is 10.8. The predicted molar refractivity (Wildman–Crippen MR) is 111 cm³/mol. The lowest BCUT2D eigenvalue weighted by Crippen LogP contribution is -2.28. The molecule has 148 valence electrons. The number of fused-ring (bicyclic) bond motifs is 1. The summed E-state index contributed by atoms with van der Waals surface area (Å²) in [7, 11) is -3.55. The minimum atomic E-state index is -3.55. The van der Waals surface area contributed by atoms with Gasteiger partial charge in [0.15, 0.2) is 0 Å². The zero-order valence-corrected chi connectivity index (χ0v) is 16.8. The van der Waals surface area contributed by atoms with E-state index in [1.807, 2.05) is 38.2 Å². The third-order valence-corrected chi connectivity index (χ3v) is 5.90. The molecule has 0 unspecified atom stereocenters. The SMILES string of the molecule is CC(C)CNS(=O)(=O)c1ccc(C(=O)NCCc2c[nH]c3ccccc23)cc1. The molecule has 0 aliphatic heterocycles. The van der Waals surface area contributed by atoms with E-state index >= 15 is 0 Å². The zero-order valence-electron chi connectivity index (χ0n) is 16.0. The van der Waals surface area contributed by atoms with E-state index in [0.717, 1.165) is 16.5 Å². The Morgan fingerprint density at radius 3 is 2.50 bits per heavy atom. The number of hydrogen-bond donors (Lipinski definition) is 3. The van der Waals surface area contributed by atoms with E-state index in [4.69, 9.17) is 0 Å². The Hall–Kier alpha value is -2.64. The Kier molecular flexibility index (Phi) is 6.16. The lowest BCUT2D eigenvalue weighted by Gasteiger charge is -2.09. The first-order valence-electron chi connectivity index (χ1n) is 9.30. The quantitative estimate of drug-likeness (QED) is 0.544. The van der Waals surface area contributed by atoms with E-state index < -0.39 is 10.0 Å². The van der Waals surface area contributed by atoms with E-state index in [1.54, 1.807) is 0 Å². The van der Waals surface area contributed by atoms with Crippen molar-refractivity contribution < 1.29 is 13.2 Å². The molecule has 0 radical (unpaired) electrons.